The molecule has 4 rings (SSSR count). The van der Waals surface area contributed by atoms with E-state index >= 15 is 0 Å². The number of benzene rings is 2. The summed E-state index contributed by atoms with van der Waals surface area (Å²) >= 11 is 6.14. The second kappa shape index (κ2) is 8.75. The SMILES string of the molecule is Cc1ccc(CC(=O)CCc2ccc3c(c2)CN(C2CCC(=O)CC2=O)C3=O)cc1Cl. The number of fused-ring (bicyclic) bond motifs is 1. The highest BCUT2D eigenvalue weighted by Gasteiger charge is 2.38. The molecular weight excluding hydrogens is 414 g/mol. The molecule has 0 bridgehead atoms. The van der Waals surface area contributed by atoms with Gasteiger partial charge in [-0.05, 0) is 54.2 Å². The Balaban J connectivity index is 1.38. The van der Waals surface area contributed by atoms with E-state index in [4.69, 9.17) is 11.6 Å². The van der Waals surface area contributed by atoms with Gasteiger partial charge in [0, 0.05) is 36.4 Å². The first-order valence-electron chi connectivity index (χ1n) is 10.6. The Morgan fingerprint density at radius 2 is 1.87 bits per heavy atom. The third-order valence-electron chi connectivity index (χ3n) is 6.15. The predicted octanol–water partition coefficient (Wildman–Crippen LogP) is 4.04. The van der Waals surface area contributed by atoms with Gasteiger partial charge in [-0.1, -0.05) is 35.9 Å². The molecule has 1 aliphatic carbocycles. The number of carbonyl (C=O) groups excluding carboxylic acids is 4. The monoisotopic (exact) mass is 437 g/mol. The summed E-state index contributed by atoms with van der Waals surface area (Å²) in [6.45, 7) is 2.31. The molecule has 2 aromatic carbocycles. The zero-order chi connectivity index (χ0) is 22.1. The van der Waals surface area contributed by atoms with Gasteiger partial charge in [0.2, 0.25) is 0 Å². The zero-order valence-corrected chi connectivity index (χ0v) is 18.2. The molecule has 160 valence electrons. The number of aryl methyl sites for hydroxylation is 2. The van der Waals surface area contributed by atoms with Gasteiger partial charge in [0.05, 0.1) is 12.5 Å². The number of carbonyl (C=O) groups is 4. The van der Waals surface area contributed by atoms with Crippen LogP contribution in [-0.2, 0) is 33.8 Å². The van der Waals surface area contributed by atoms with E-state index in [0.717, 1.165) is 22.3 Å². The lowest BCUT2D eigenvalue weighted by Crippen LogP contribution is -2.44. The average molecular weight is 438 g/mol. The van der Waals surface area contributed by atoms with E-state index in [1.165, 1.54) is 0 Å². The minimum absolute atomic E-state index is 0.0507. The number of amides is 1. The maximum Gasteiger partial charge on any atom is 0.255 e. The molecule has 5 nitrogen and oxygen atoms in total. The van der Waals surface area contributed by atoms with Crippen LogP contribution in [0.25, 0.3) is 0 Å². The Labute approximate surface area is 186 Å². The first-order valence-corrected chi connectivity index (χ1v) is 10.9. The highest BCUT2D eigenvalue weighted by Crippen LogP contribution is 2.30. The Morgan fingerprint density at radius 1 is 1.10 bits per heavy atom. The fraction of sp³-hybridized carbons (Fsp3) is 0.360. The average Bonchev–Trinajstić information content (AvgIpc) is 3.05. The van der Waals surface area contributed by atoms with Crippen LogP contribution in [0.2, 0.25) is 5.02 Å². The molecule has 6 heteroatoms. The molecule has 0 radical (unpaired) electrons. The van der Waals surface area contributed by atoms with Gasteiger partial charge in [0.25, 0.3) is 5.91 Å². The lowest BCUT2D eigenvalue weighted by Gasteiger charge is -2.29. The van der Waals surface area contributed by atoms with Gasteiger partial charge in [-0.3, -0.25) is 19.2 Å². The van der Waals surface area contributed by atoms with Gasteiger partial charge in [-0.15, -0.1) is 0 Å². The second-order valence-corrected chi connectivity index (χ2v) is 8.87. The van der Waals surface area contributed by atoms with Crippen LogP contribution >= 0.6 is 11.6 Å². The predicted molar refractivity (Wildman–Crippen MR) is 117 cm³/mol. The van der Waals surface area contributed by atoms with Gasteiger partial charge >= 0.3 is 0 Å². The van der Waals surface area contributed by atoms with Gasteiger partial charge in [-0.2, -0.15) is 0 Å². The molecule has 1 fully saturated rings. The van der Waals surface area contributed by atoms with E-state index in [-0.39, 0.29) is 29.7 Å². The number of Topliss-reactive ketones (excluding diaryl/α,β-unsaturated/α-hetero) is 3. The van der Waals surface area contributed by atoms with Crippen molar-refractivity contribution in [2.24, 2.45) is 0 Å². The molecule has 31 heavy (non-hydrogen) atoms. The molecule has 2 aliphatic rings. The number of ketones is 3. The molecule has 0 spiro atoms. The molecule has 1 atom stereocenters. The third kappa shape index (κ3) is 4.62. The number of halogens is 1. The van der Waals surface area contributed by atoms with Crippen LogP contribution in [0, 0.1) is 6.92 Å². The maximum atomic E-state index is 12.8. The van der Waals surface area contributed by atoms with Crippen LogP contribution in [-0.4, -0.2) is 34.2 Å². The molecule has 1 unspecified atom stereocenters. The topological polar surface area (TPSA) is 71.5 Å². The normalized spacial score (nSPS) is 18.5. The van der Waals surface area contributed by atoms with Gasteiger partial charge < -0.3 is 4.90 Å². The van der Waals surface area contributed by atoms with Crippen molar-refractivity contribution in [3.63, 3.8) is 0 Å². The van der Waals surface area contributed by atoms with Gasteiger partial charge in [-0.25, -0.2) is 0 Å². The molecule has 0 saturated heterocycles. The molecule has 1 saturated carbocycles. The van der Waals surface area contributed by atoms with E-state index in [2.05, 4.69) is 0 Å². The Morgan fingerprint density at radius 3 is 2.61 bits per heavy atom. The Hall–Kier alpha value is -2.79. The van der Waals surface area contributed by atoms with Crippen molar-refractivity contribution >= 4 is 34.9 Å². The zero-order valence-electron chi connectivity index (χ0n) is 17.4. The summed E-state index contributed by atoms with van der Waals surface area (Å²) in [7, 11) is 0. The van der Waals surface area contributed by atoms with Crippen molar-refractivity contribution in [2.45, 2.75) is 58.0 Å². The molecule has 0 aromatic heterocycles. The summed E-state index contributed by atoms with van der Waals surface area (Å²) in [6.07, 6.45) is 2.02. The standard InChI is InChI=1S/C25H24ClNO4/c1-15-2-3-17(12-22(15)26)11-19(28)6-4-16-5-8-21-18(10-16)14-27(25(21)31)23-9-7-20(29)13-24(23)30/h2-3,5,8,10,12,23H,4,6-7,9,11,13-14H2,1H3. The van der Waals surface area contributed by atoms with Crippen LogP contribution in [0.4, 0.5) is 0 Å². The Bertz CT molecular complexity index is 1090. The largest absolute Gasteiger partial charge is 0.324 e. The highest BCUT2D eigenvalue weighted by atomic mass is 35.5. The molecule has 1 amide bonds. The summed E-state index contributed by atoms with van der Waals surface area (Å²) in [6, 6.07) is 10.8. The minimum Gasteiger partial charge on any atom is -0.324 e. The summed E-state index contributed by atoms with van der Waals surface area (Å²) in [5.74, 6) is -0.234. The van der Waals surface area contributed by atoms with E-state index in [0.29, 0.717) is 49.2 Å². The van der Waals surface area contributed by atoms with E-state index in [1.807, 2.05) is 37.3 Å². The first kappa shape index (κ1) is 21.4. The lowest BCUT2D eigenvalue weighted by atomic mass is 9.92. The summed E-state index contributed by atoms with van der Waals surface area (Å²) in [5.41, 5.74) is 4.38. The van der Waals surface area contributed by atoms with Crippen LogP contribution in [0.15, 0.2) is 36.4 Å². The second-order valence-electron chi connectivity index (χ2n) is 8.46. The van der Waals surface area contributed by atoms with Crippen LogP contribution < -0.4 is 0 Å². The van der Waals surface area contributed by atoms with Crippen molar-refractivity contribution < 1.29 is 19.2 Å². The number of hydrogen-bond acceptors (Lipinski definition) is 4. The number of hydrogen-bond donors (Lipinski definition) is 0. The highest BCUT2D eigenvalue weighted by molar-refractivity contribution is 6.31. The van der Waals surface area contributed by atoms with Crippen LogP contribution in [0.1, 0.15) is 58.3 Å². The van der Waals surface area contributed by atoms with Crippen molar-refractivity contribution in [3.8, 4) is 0 Å². The quantitative estimate of drug-likeness (QED) is 0.639. The summed E-state index contributed by atoms with van der Waals surface area (Å²) in [5, 5.41) is 0.666. The summed E-state index contributed by atoms with van der Waals surface area (Å²) in [4.78, 5) is 50.5. The minimum atomic E-state index is -0.510. The van der Waals surface area contributed by atoms with Gasteiger partial charge in [0.1, 0.15) is 11.6 Å². The lowest BCUT2D eigenvalue weighted by molar-refractivity contribution is -0.133. The number of rotatable bonds is 6. The number of nitrogens with zero attached hydrogens (tertiary/aromatic N) is 1. The van der Waals surface area contributed by atoms with Crippen molar-refractivity contribution in [1.82, 2.24) is 4.90 Å². The molecule has 1 heterocycles. The van der Waals surface area contributed by atoms with E-state index in [1.54, 1.807) is 11.0 Å². The fourth-order valence-electron chi connectivity index (χ4n) is 4.34. The third-order valence-corrected chi connectivity index (χ3v) is 6.55. The molecule has 0 N–H and O–H groups in total. The maximum absolute atomic E-state index is 12.8. The first-order chi connectivity index (χ1) is 14.8. The molecule has 2 aromatic rings. The van der Waals surface area contributed by atoms with Crippen LogP contribution in [0.5, 0.6) is 0 Å². The van der Waals surface area contributed by atoms with Crippen molar-refractivity contribution in [3.05, 3.63) is 69.2 Å². The smallest absolute Gasteiger partial charge is 0.255 e. The fourth-order valence-corrected chi connectivity index (χ4v) is 4.54. The van der Waals surface area contributed by atoms with E-state index < -0.39 is 6.04 Å². The van der Waals surface area contributed by atoms with Gasteiger partial charge in [0.15, 0.2) is 5.78 Å². The van der Waals surface area contributed by atoms with E-state index in [9.17, 15) is 19.2 Å². The van der Waals surface area contributed by atoms with Crippen molar-refractivity contribution in [2.75, 3.05) is 0 Å². The molecule has 1 aliphatic heterocycles. The van der Waals surface area contributed by atoms with Crippen molar-refractivity contribution in [1.29, 1.82) is 0 Å². The van der Waals surface area contributed by atoms with Crippen LogP contribution in [0.3, 0.4) is 0 Å². The summed E-state index contributed by atoms with van der Waals surface area (Å²) < 4.78 is 0. The Kier molecular flexibility index (Phi) is 6.05. The molecular formula is C25H24ClNO4.